The Bertz CT molecular complexity index is 820. The van der Waals surface area contributed by atoms with E-state index >= 15 is 0 Å². The minimum absolute atomic E-state index is 0.216. The van der Waals surface area contributed by atoms with Crippen LogP contribution in [0.25, 0.3) is 10.6 Å². The van der Waals surface area contributed by atoms with Gasteiger partial charge in [-0.2, -0.15) is 10.2 Å². The predicted octanol–water partition coefficient (Wildman–Crippen LogP) is 2.64. The van der Waals surface area contributed by atoms with Crippen LogP contribution in [0.2, 0.25) is 0 Å². The maximum absolute atomic E-state index is 12.5. The molecule has 3 rings (SSSR count). The number of rotatable bonds is 6. The number of aromatic nitrogens is 5. The number of nitrogens with zero attached hydrogens (tertiary/aromatic N) is 5. The first-order chi connectivity index (χ1) is 11.6. The molecule has 0 saturated carbocycles. The van der Waals surface area contributed by atoms with Crippen molar-refractivity contribution in [2.75, 3.05) is 0 Å². The van der Waals surface area contributed by atoms with Gasteiger partial charge in [0.2, 0.25) is 0 Å². The Morgan fingerprint density at radius 1 is 1.46 bits per heavy atom. The summed E-state index contributed by atoms with van der Waals surface area (Å²) in [5.41, 5.74) is 1.33. The first-order valence-corrected chi connectivity index (χ1v) is 8.74. The van der Waals surface area contributed by atoms with Crippen LogP contribution in [0.15, 0.2) is 29.9 Å². The molecule has 1 atom stereocenters. The fourth-order valence-corrected chi connectivity index (χ4v) is 3.33. The summed E-state index contributed by atoms with van der Waals surface area (Å²) in [6.07, 6.45) is 2.48. The second-order valence-electron chi connectivity index (χ2n) is 5.55. The molecular weight excluding hydrogens is 324 g/mol. The molecule has 24 heavy (non-hydrogen) atoms. The topological polar surface area (TPSA) is 77.6 Å². The SMILES string of the molecule is CCCn1ncnc1C(C)NC(=O)c1cc(-c2cccs2)n(C)n1. The Hall–Kier alpha value is -2.48. The zero-order valence-corrected chi connectivity index (χ0v) is 14.7. The first kappa shape index (κ1) is 16.4. The monoisotopic (exact) mass is 344 g/mol. The number of thiophene rings is 1. The highest BCUT2D eigenvalue weighted by molar-refractivity contribution is 7.13. The Balaban J connectivity index is 1.75. The molecule has 8 heteroatoms. The molecule has 126 valence electrons. The Labute approximate surface area is 144 Å². The molecule has 0 aromatic carbocycles. The molecule has 0 aliphatic rings. The highest BCUT2D eigenvalue weighted by atomic mass is 32.1. The molecular formula is C16H20N6OS. The summed E-state index contributed by atoms with van der Waals surface area (Å²) in [5, 5.41) is 13.5. The molecule has 0 bridgehead atoms. The lowest BCUT2D eigenvalue weighted by Gasteiger charge is -2.13. The van der Waals surface area contributed by atoms with Gasteiger partial charge in [-0.3, -0.25) is 9.48 Å². The molecule has 1 unspecified atom stereocenters. The summed E-state index contributed by atoms with van der Waals surface area (Å²) in [4.78, 5) is 17.9. The third kappa shape index (κ3) is 3.23. The fraction of sp³-hybridized carbons (Fsp3) is 0.375. The van der Waals surface area contributed by atoms with Crippen LogP contribution < -0.4 is 5.32 Å². The lowest BCUT2D eigenvalue weighted by Crippen LogP contribution is -2.29. The van der Waals surface area contributed by atoms with E-state index in [9.17, 15) is 4.79 Å². The molecule has 0 radical (unpaired) electrons. The smallest absolute Gasteiger partial charge is 0.272 e. The van der Waals surface area contributed by atoms with Crippen LogP contribution in [0.4, 0.5) is 0 Å². The zero-order valence-electron chi connectivity index (χ0n) is 13.9. The summed E-state index contributed by atoms with van der Waals surface area (Å²) in [6, 6.07) is 5.57. The van der Waals surface area contributed by atoms with Crippen LogP contribution in [0, 0.1) is 0 Å². The van der Waals surface area contributed by atoms with Crippen molar-refractivity contribution in [2.45, 2.75) is 32.9 Å². The number of carbonyl (C=O) groups excluding carboxylic acids is 1. The van der Waals surface area contributed by atoms with Crippen molar-refractivity contribution in [2.24, 2.45) is 7.05 Å². The van der Waals surface area contributed by atoms with Gasteiger partial charge in [0.05, 0.1) is 16.6 Å². The quantitative estimate of drug-likeness (QED) is 0.746. The normalized spacial score (nSPS) is 12.3. The van der Waals surface area contributed by atoms with Gasteiger partial charge in [-0.05, 0) is 30.9 Å². The Morgan fingerprint density at radius 2 is 2.29 bits per heavy atom. The number of carbonyl (C=O) groups is 1. The third-order valence-corrected chi connectivity index (χ3v) is 4.59. The van der Waals surface area contributed by atoms with E-state index in [1.54, 1.807) is 16.0 Å². The van der Waals surface area contributed by atoms with Crippen molar-refractivity contribution in [1.82, 2.24) is 29.9 Å². The largest absolute Gasteiger partial charge is 0.341 e. The van der Waals surface area contributed by atoms with Crippen molar-refractivity contribution in [3.05, 3.63) is 41.4 Å². The number of hydrogen-bond acceptors (Lipinski definition) is 5. The van der Waals surface area contributed by atoms with Crippen LogP contribution in [0.1, 0.15) is 42.6 Å². The molecule has 1 amide bonds. The lowest BCUT2D eigenvalue weighted by atomic mass is 10.2. The minimum atomic E-state index is -0.237. The summed E-state index contributed by atoms with van der Waals surface area (Å²) >= 11 is 1.62. The van der Waals surface area contributed by atoms with Gasteiger partial charge in [0.1, 0.15) is 12.2 Å². The Morgan fingerprint density at radius 3 is 3.00 bits per heavy atom. The van der Waals surface area contributed by atoms with Gasteiger partial charge in [0, 0.05) is 13.6 Å². The van der Waals surface area contributed by atoms with Gasteiger partial charge in [0.15, 0.2) is 5.69 Å². The van der Waals surface area contributed by atoms with Crippen molar-refractivity contribution < 1.29 is 4.79 Å². The minimum Gasteiger partial charge on any atom is -0.341 e. The molecule has 7 nitrogen and oxygen atoms in total. The summed E-state index contributed by atoms with van der Waals surface area (Å²) in [6.45, 7) is 4.76. The maximum Gasteiger partial charge on any atom is 0.272 e. The molecule has 0 saturated heterocycles. The summed E-state index contributed by atoms with van der Waals surface area (Å²) in [5.74, 6) is 0.534. The van der Waals surface area contributed by atoms with Crippen molar-refractivity contribution in [3.8, 4) is 10.6 Å². The van der Waals surface area contributed by atoms with Gasteiger partial charge in [-0.25, -0.2) is 9.67 Å². The van der Waals surface area contributed by atoms with Crippen LogP contribution >= 0.6 is 11.3 Å². The van der Waals surface area contributed by atoms with Crippen LogP contribution in [0.5, 0.6) is 0 Å². The number of hydrogen-bond donors (Lipinski definition) is 1. The van der Waals surface area contributed by atoms with Crippen LogP contribution in [-0.4, -0.2) is 30.5 Å². The van der Waals surface area contributed by atoms with Crippen molar-refractivity contribution >= 4 is 17.2 Å². The van der Waals surface area contributed by atoms with E-state index in [1.807, 2.05) is 42.2 Å². The van der Waals surface area contributed by atoms with Crippen LogP contribution in [-0.2, 0) is 13.6 Å². The van der Waals surface area contributed by atoms with Gasteiger partial charge >= 0.3 is 0 Å². The standard InChI is InChI=1S/C16H20N6OS/c1-4-7-22-15(17-10-18-22)11(2)19-16(23)12-9-13(21(3)20-12)14-6-5-8-24-14/h5-6,8-11H,4,7H2,1-3H3,(H,19,23). The number of amides is 1. The van der Waals surface area contributed by atoms with E-state index in [4.69, 9.17) is 0 Å². The zero-order chi connectivity index (χ0) is 17.1. The number of nitrogens with one attached hydrogen (secondary N) is 1. The van der Waals surface area contributed by atoms with E-state index in [-0.39, 0.29) is 11.9 Å². The summed E-state index contributed by atoms with van der Waals surface area (Å²) < 4.78 is 3.55. The highest BCUT2D eigenvalue weighted by Crippen LogP contribution is 2.25. The second-order valence-corrected chi connectivity index (χ2v) is 6.50. The van der Waals surface area contributed by atoms with E-state index in [0.717, 1.165) is 29.4 Å². The summed E-state index contributed by atoms with van der Waals surface area (Å²) in [7, 11) is 1.84. The fourth-order valence-electron chi connectivity index (χ4n) is 2.56. The third-order valence-electron chi connectivity index (χ3n) is 3.70. The van der Waals surface area contributed by atoms with Crippen molar-refractivity contribution in [1.29, 1.82) is 0 Å². The van der Waals surface area contributed by atoms with Gasteiger partial charge in [-0.15, -0.1) is 11.3 Å². The lowest BCUT2D eigenvalue weighted by molar-refractivity contribution is 0.0931. The van der Waals surface area contributed by atoms with Crippen molar-refractivity contribution in [3.63, 3.8) is 0 Å². The van der Waals surface area contributed by atoms with E-state index in [2.05, 4.69) is 27.4 Å². The molecule has 0 aliphatic carbocycles. The molecule has 3 aromatic rings. The molecule has 0 spiro atoms. The maximum atomic E-state index is 12.5. The van der Waals surface area contributed by atoms with E-state index in [0.29, 0.717) is 5.69 Å². The first-order valence-electron chi connectivity index (χ1n) is 7.86. The molecule has 1 N–H and O–H groups in total. The molecule has 3 heterocycles. The van der Waals surface area contributed by atoms with Gasteiger partial charge in [-0.1, -0.05) is 13.0 Å². The van der Waals surface area contributed by atoms with Gasteiger partial charge < -0.3 is 5.32 Å². The Kier molecular flexibility index (Phi) is 4.75. The average Bonchev–Trinajstić information content (AvgIpc) is 3.26. The molecule has 0 fully saturated rings. The average molecular weight is 344 g/mol. The predicted molar refractivity (Wildman–Crippen MR) is 92.7 cm³/mol. The van der Waals surface area contributed by atoms with E-state index < -0.39 is 0 Å². The molecule has 0 aliphatic heterocycles. The van der Waals surface area contributed by atoms with Crippen LogP contribution in [0.3, 0.4) is 0 Å². The van der Waals surface area contributed by atoms with Gasteiger partial charge in [0.25, 0.3) is 5.91 Å². The highest BCUT2D eigenvalue weighted by Gasteiger charge is 2.19. The second kappa shape index (κ2) is 6.96. The molecule has 3 aromatic heterocycles. The number of aryl methyl sites for hydroxylation is 2. The van der Waals surface area contributed by atoms with E-state index in [1.165, 1.54) is 6.33 Å².